The van der Waals surface area contributed by atoms with Crippen molar-refractivity contribution in [3.05, 3.63) is 71.5 Å². The van der Waals surface area contributed by atoms with Gasteiger partial charge in [-0.05, 0) is 29.8 Å². The first-order valence-corrected chi connectivity index (χ1v) is 6.87. The molecule has 2 aromatic carbocycles. The second-order valence-corrected chi connectivity index (χ2v) is 5.09. The molecule has 21 heavy (non-hydrogen) atoms. The van der Waals surface area contributed by atoms with Gasteiger partial charge in [-0.3, -0.25) is 4.99 Å². The molecule has 0 amide bonds. The first-order chi connectivity index (χ1) is 10.1. The normalized spacial score (nSPS) is 21.5. The SMILES string of the molecule is Fc1ccc(CC2(F)CCN=C(c3ccccc3)O2)cc1. The van der Waals surface area contributed by atoms with Crippen molar-refractivity contribution < 1.29 is 13.5 Å². The van der Waals surface area contributed by atoms with Gasteiger partial charge in [0.15, 0.2) is 0 Å². The molecular weight excluding hydrogens is 272 g/mol. The molecule has 0 saturated heterocycles. The Morgan fingerprint density at radius 1 is 1.05 bits per heavy atom. The van der Waals surface area contributed by atoms with Gasteiger partial charge in [0.1, 0.15) is 5.82 Å². The summed E-state index contributed by atoms with van der Waals surface area (Å²) in [4.78, 5) is 4.25. The fourth-order valence-corrected chi connectivity index (χ4v) is 2.34. The smallest absolute Gasteiger partial charge is 0.255 e. The van der Waals surface area contributed by atoms with Gasteiger partial charge in [-0.1, -0.05) is 30.3 Å². The highest BCUT2D eigenvalue weighted by atomic mass is 19.2. The van der Waals surface area contributed by atoms with E-state index in [1.165, 1.54) is 12.1 Å². The Balaban J connectivity index is 1.77. The van der Waals surface area contributed by atoms with Gasteiger partial charge in [0.05, 0.1) is 0 Å². The largest absolute Gasteiger partial charge is 0.440 e. The van der Waals surface area contributed by atoms with Crippen LogP contribution in [0.4, 0.5) is 8.78 Å². The van der Waals surface area contributed by atoms with Crippen molar-refractivity contribution in [3.8, 4) is 0 Å². The van der Waals surface area contributed by atoms with Crippen LogP contribution in [0.25, 0.3) is 0 Å². The molecule has 2 aromatic rings. The molecule has 0 aromatic heterocycles. The molecule has 2 nitrogen and oxygen atoms in total. The zero-order valence-corrected chi connectivity index (χ0v) is 11.4. The molecule has 4 heteroatoms. The lowest BCUT2D eigenvalue weighted by molar-refractivity contribution is -0.0841. The standard InChI is InChI=1S/C17H15F2NO/c18-15-8-6-13(7-9-15)12-17(19)10-11-20-16(21-17)14-4-2-1-3-5-14/h1-9H,10-12H2. The number of nitrogens with zero attached hydrogens (tertiary/aromatic N) is 1. The van der Waals surface area contributed by atoms with Gasteiger partial charge < -0.3 is 4.74 Å². The highest BCUT2D eigenvalue weighted by Crippen LogP contribution is 2.29. The van der Waals surface area contributed by atoms with Crippen LogP contribution in [0.15, 0.2) is 59.6 Å². The van der Waals surface area contributed by atoms with Crippen LogP contribution in [0.2, 0.25) is 0 Å². The highest BCUT2D eigenvalue weighted by molar-refractivity contribution is 5.94. The van der Waals surface area contributed by atoms with E-state index in [0.717, 1.165) is 5.56 Å². The van der Waals surface area contributed by atoms with Crippen LogP contribution in [0.1, 0.15) is 17.5 Å². The van der Waals surface area contributed by atoms with Crippen LogP contribution in [-0.2, 0) is 11.2 Å². The lowest BCUT2D eigenvalue weighted by atomic mass is 10.0. The fraction of sp³-hybridized carbons (Fsp3) is 0.235. The van der Waals surface area contributed by atoms with Crippen LogP contribution < -0.4 is 0 Å². The van der Waals surface area contributed by atoms with E-state index in [4.69, 9.17) is 4.74 Å². The minimum Gasteiger partial charge on any atom is -0.440 e. The predicted molar refractivity (Wildman–Crippen MR) is 77.5 cm³/mol. The molecule has 0 aliphatic carbocycles. The highest BCUT2D eigenvalue weighted by Gasteiger charge is 2.36. The molecule has 0 bridgehead atoms. The van der Waals surface area contributed by atoms with E-state index in [1.54, 1.807) is 12.1 Å². The minimum absolute atomic E-state index is 0.0825. The summed E-state index contributed by atoms with van der Waals surface area (Å²) in [6.07, 6.45) is 0.278. The van der Waals surface area contributed by atoms with Gasteiger partial charge in [0.2, 0.25) is 5.90 Å². The van der Waals surface area contributed by atoms with Crippen LogP contribution in [-0.4, -0.2) is 18.3 Å². The Morgan fingerprint density at radius 3 is 2.48 bits per heavy atom. The number of hydrogen-bond donors (Lipinski definition) is 0. The van der Waals surface area contributed by atoms with E-state index in [-0.39, 0.29) is 18.7 Å². The van der Waals surface area contributed by atoms with E-state index >= 15 is 0 Å². The molecule has 0 fully saturated rings. The molecule has 0 radical (unpaired) electrons. The summed E-state index contributed by atoms with van der Waals surface area (Å²) in [5.41, 5.74) is 1.46. The van der Waals surface area contributed by atoms with Crippen molar-refractivity contribution in [2.45, 2.75) is 18.7 Å². The molecule has 3 rings (SSSR count). The molecular formula is C17H15F2NO. The van der Waals surface area contributed by atoms with Crippen molar-refractivity contribution in [1.29, 1.82) is 0 Å². The van der Waals surface area contributed by atoms with E-state index in [2.05, 4.69) is 4.99 Å². The van der Waals surface area contributed by atoms with Crippen molar-refractivity contribution in [2.24, 2.45) is 4.99 Å². The van der Waals surface area contributed by atoms with Crippen LogP contribution >= 0.6 is 0 Å². The fourth-order valence-electron chi connectivity index (χ4n) is 2.34. The van der Waals surface area contributed by atoms with Gasteiger partial charge >= 0.3 is 0 Å². The third-order valence-electron chi connectivity index (χ3n) is 3.42. The maximum Gasteiger partial charge on any atom is 0.255 e. The number of benzene rings is 2. The Labute approximate surface area is 122 Å². The second-order valence-electron chi connectivity index (χ2n) is 5.09. The van der Waals surface area contributed by atoms with Crippen molar-refractivity contribution in [2.75, 3.05) is 6.54 Å². The average Bonchev–Trinajstić information content (AvgIpc) is 2.50. The first-order valence-electron chi connectivity index (χ1n) is 6.87. The van der Waals surface area contributed by atoms with E-state index in [0.29, 0.717) is 18.0 Å². The molecule has 0 saturated carbocycles. The maximum atomic E-state index is 14.9. The van der Waals surface area contributed by atoms with Crippen molar-refractivity contribution in [3.63, 3.8) is 0 Å². The zero-order chi connectivity index (χ0) is 14.7. The summed E-state index contributed by atoms with van der Waals surface area (Å²) in [5.74, 6) is -1.81. The summed E-state index contributed by atoms with van der Waals surface area (Å²) in [7, 11) is 0. The summed E-state index contributed by atoms with van der Waals surface area (Å²) in [5, 5.41) is 0. The summed E-state index contributed by atoms with van der Waals surface area (Å²) in [6, 6.07) is 15.1. The number of halogens is 2. The van der Waals surface area contributed by atoms with Crippen LogP contribution in [0.5, 0.6) is 0 Å². The second kappa shape index (κ2) is 5.64. The zero-order valence-electron chi connectivity index (χ0n) is 11.4. The topological polar surface area (TPSA) is 21.6 Å². The van der Waals surface area contributed by atoms with E-state index in [9.17, 15) is 8.78 Å². The van der Waals surface area contributed by atoms with Gasteiger partial charge in [0, 0.05) is 24.9 Å². The average molecular weight is 287 g/mol. The number of aliphatic imine (C=N–C) groups is 1. The van der Waals surface area contributed by atoms with Gasteiger partial charge in [-0.15, -0.1) is 0 Å². The Morgan fingerprint density at radius 2 is 1.76 bits per heavy atom. The minimum atomic E-state index is -1.80. The molecule has 1 unspecified atom stereocenters. The summed E-state index contributed by atoms with van der Waals surface area (Å²) < 4.78 is 33.3. The van der Waals surface area contributed by atoms with Gasteiger partial charge in [-0.2, -0.15) is 4.39 Å². The van der Waals surface area contributed by atoms with Gasteiger partial charge in [-0.25, -0.2) is 4.39 Å². The number of alkyl halides is 1. The molecule has 0 spiro atoms. The van der Waals surface area contributed by atoms with Crippen LogP contribution in [0.3, 0.4) is 0 Å². The maximum absolute atomic E-state index is 14.9. The molecule has 0 N–H and O–H groups in total. The summed E-state index contributed by atoms with van der Waals surface area (Å²) >= 11 is 0. The lowest BCUT2D eigenvalue weighted by Gasteiger charge is -2.30. The number of hydrogen-bond acceptors (Lipinski definition) is 2. The quantitative estimate of drug-likeness (QED) is 0.839. The molecule has 1 heterocycles. The third-order valence-corrected chi connectivity index (χ3v) is 3.42. The first kappa shape index (κ1) is 13.7. The Hall–Kier alpha value is -2.23. The lowest BCUT2D eigenvalue weighted by Crippen LogP contribution is -2.37. The summed E-state index contributed by atoms with van der Waals surface area (Å²) in [6.45, 7) is 0.377. The molecule has 1 atom stereocenters. The molecule has 1 aliphatic heterocycles. The molecule has 1 aliphatic rings. The van der Waals surface area contributed by atoms with E-state index < -0.39 is 5.85 Å². The molecule has 108 valence electrons. The van der Waals surface area contributed by atoms with Gasteiger partial charge in [0.25, 0.3) is 5.85 Å². The third kappa shape index (κ3) is 3.27. The van der Waals surface area contributed by atoms with Crippen LogP contribution in [0, 0.1) is 5.82 Å². The monoisotopic (exact) mass is 287 g/mol. The Kier molecular flexibility index (Phi) is 3.69. The van der Waals surface area contributed by atoms with Crippen molar-refractivity contribution in [1.82, 2.24) is 0 Å². The van der Waals surface area contributed by atoms with Crippen molar-refractivity contribution >= 4 is 5.90 Å². The Bertz CT molecular complexity index is 640. The van der Waals surface area contributed by atoms with E-state index in [1.807, 2.05) is 30.3 Å². The number of ether oxygens (including phenoxy) is 1. The number of rotatable bonds is 3. The predicted octanol–water partition coefficient (Wildman–Crippen LogP) is 3.90.